The third-order valence-electron chi connectivity index (χ3n) is 2.26. The molecule has 0 amide bonds. The summed E-state index contributed by atoms with van der Waals surface area (Å²) in [5, 5.41) is 2.67. The van der Waals surface area contributed by atoms with Crippen molar-refractivity contribution in [2.75, 3.05) is 12.3 Å². The first-order valence-corrected chi connectivity index (χ1v) is 9.79. The summed E-state index contributed by atoms with van der Waals surface area (Å²) in [6.07, 6.45) is 0. The molecule has 126 valence electrons. The monoisotopic (exact) mass is 467 g/mol. The summed E-state index contributed by atoms with van der Waals surface area (Å²) in [6.45, 7) is 0.684. The highest BCUT2D eigenvalue weighted by Gasteiger charge is 2.15. The van der Waals surface area contributed by atoms with E-state index < -0.39 is 0 Å². The number of benzene rings is 2. The van der Waals surface area contributed by atoms with Gasteiger partial charge in [0.1, 0.15) is 0 Å². The lowest BCUT2D eigenvalue weighted by Crippen LogP contribution is -1.97. The van der Waals surface area contributed by atoms with Crippen LogP contribution in [0.3, 0.4) is 0 Å². The highest BCUT2D eigenvalue weighted by Crippen LogP contribution is 2.45. The van der Waals surface area contributed by atoms with Crippen LogP contribution >= 0.6 is 94.0 Å². The number of halogens is 6. The largest absolute Gasteiger partial charge is 0.330 e. The van der Waals surface area contributed by atoms with Crippen LogP contribution in [-0.2, 0) is 0 Å². The Morgan fingerprint density at radius 1 is 0.739 bits per heavy atom. The normalized spacial score (nSPS) is 10.3. The highest BCUT2D eigenvalue weighted by atomic mass is 35.5. The molecule has 23 heavy (non-hydrogen) atoms. The SMILES string of the molecule is Clc1cc(Cl)c(Sc2c(Cl)cc(Cl)cc2Cl)c(Cl)c1.NCCS. The highest BCUT2D eigenvalue weighted by molar-refractivity contribution is 7.99. The van der Waals surface area contributed by atoms with E-state index in [-0.39, 0.29) is 0 Å². The topological polar surface area (TPSA) is 26.0 Å². The van der Waals surface area contributed by atoms with Crippen LogP contribution < -0.4 is 5.73 Å². The Morgan fingerprint density at radius 2 is 1.00 bits per heavy atom. The zero-order chi connectivity index (χ0) is 17.6. The molecule has 0 aliphatic carbocycles. The van der Waals surface area contributed by atoms with Gasteiger partial charge in [-0.1, -0.05) is 81.4 Å². The number of rotatable bonds is 3. The Balaban J connectivity index is 0.000000593. The molecule has 0 radical (unpaired) electrons. The number of hydrogen-bond acceptors (Lipinski definition) is 3. The third kappa shape index (κ3) is 6.93. The van der Waals surface area contributed by atoms with Crippen LogP contribution in [0.1, 0.15) is 0 Å². The van der Waals surface area contributed by atoms with Gasteiger partial charge in [0.2, 0.25) is 0 Å². The van der Waals surface area contributed by atoms with Crippen molar-refractivity contribution in [3.8, 4) is 0 Å². The quantitative estimate of drug-likeness (QED) is 0.452. The lowest BCUT2D eigenvalue weighted by molar-refractivity contribution is 1.16. The summed E-state index contributed by atoms with van der Waals surface area (Å²) in [7, 11) is 0. The molecule has 0 heterocycles. The van der Waals surface area contributed by atoms with E-state index in [9.17, 15) is 0 Å². The Bertz CT molecular complexity index is 577. The average molecular weight is 470 g/mol. The van der Waals surface area contributed by atoms with E-state index in [1.54, 1.807) is 24.3 Å². The van der Waals surface area contributed by atoms with Crippen LogP contribution in [0.5, 0.6) is 0 Å². The van der Waals surface area contributed by atoms with Gasteiger partial charge in [-0.3, -0.25) is 0 Å². The van der Waals surface area contributed by atoms with Crippen molar-refractivity contribution in [3.63, 3.8) is 0 Å². The predicted molar refractivity (Wildman–Crippen MR) is 110 cm³/mol. The first-order chi connectivity index (χ1) is 10.8. The number of nitrogens with two attached hydrogens (primary N) is 1. The molecular formula is C14H11Cl6NS2. The standard InChI is InChI=1S/C12H4Cl6S.C2H7NS/c13-5-1-7(15)11(8(16)2-5)19-12-9(17)3-6(14)4-10(12)18;3-1-2-4/h1-4H;4H,1-3H2. The summed E-state index contributed by atoms with van der Waals surface area (Å²) in [6, 6.07) is 6.42. The Morgan fingerprint density at radius 3 is 1.22 bits per heavy atom. The third-order valence-corrected chi connectivity index (χ3v) is 5.88. The molecular weight excluding hydrogens is 459 g/mol. The first-order valence-electron chi connectivity index (χ1n) is 6.08. The molecule has 0 saturated heterocycles. The fraction of sp³-hybridized carbons (Fsp3) is 0.143. The van der Waals surface area contributed by atoms with Crippen molar-refractivity contribution >= 4 is 94.0 Å². The Hall–Kier alpha value is 0.840. The van der Waals surface area contributed by atoms with Crippen molar-refractivity contribution in [2.45, 2.75) is 9.79 Å². The van der Waals surface area contributed by atoms with Gasteiger partial charge >= 0.3 is 0 Å². The van der Waals surface area contributed by atoms with Crippen molar-refractivity contribution in [2.24, 2.45) is 5.73 Å². The molecule has 0 unspecified atom stereocenters. The maximum Gasteiger partial charge on any atom is 0.0575 e. The van der Waals surface area contributed by atoms with Crippen LogP contribution in [0.25, 0.3) is 0 Å². The second kappa shape index (κ2) is 10.7. The van der Waals surface area contributed by atoms with Gasteiger partial charge in [-0.05, 0) is 24.3 Å². The number of thiol groups is 1. The molecule has 0 saturated carbocycles. The van der Waals surface area contributed by atoms with Crippen LogP contribution in [0.4, 0.5) is 0 Å². The van der Waals surface area contributed by atoms with E-state index in [2.05, 4.69) is 12.6 Å². The molecule has 0 atom stereocenters. The molecule has 2 rings (SSSR count). The molecule has 9 heteroatoms. The van der Waals surface area contributed by atoms with Crippen molar-refractivity contribution in [3.05, 3.63) is 54.4 Å². The average Bonchev–Trinajstić information content (AvgIpc) is 2.45. The molecule has 2 N–H and O–H groups in total. The molecule has 0 aliphatic heterocycles. The lowest BCUT2D eigenvalue weighted by Gasteiger charge is -2.10. The van der Waals surface area contributed by atoms with Gasteiger partial charge in [-0.15, -0.1) is 0 Å². The molecule has 0 aliphatic rings. The van der Waals surface area contributed by atoms with E-state index in [1.165, 1.54) is 11.8 Å². The lowest BCUT2D eigenvalue weighted by atomic mass is 10.3. The van der Waals surface area contributed by atoms with Crippen LogP contribution in [0.2, 0.25) is 30.1 Å². The van der Waals surface area contributed by atoms with Crippen LogP contribution in [-0.4, -0.2) is 12.3 Å². The minimum Gasteiger partial charge on any atom is -0.330 e. The van der Waals surface area contributed by atoms with Gasteiger partial charge in [0.25, 0.3) is 0 Å². The second-order valence-electron chi connectivity index (χ2n) is 4.01. The first kappa shape index (κ1) is 21.9. The Kier molecular flexibility index (Phi) is 10.2. The van der Waals surface area contributed by atoms with E-state index in [4.69, 9.17) is 75.3 Å². The van der Waals surface area contributed by atoms with E-state index in [0.29, 0.717) is 46.5 Å². The van der Waals surface area contributed by atoms with Crippen molar-refractivity contribution in [1.29, 1.82) is 0 Å². The fourth-order valence-electron chi connectivity index (χ4n) is 1.35. The minimum absolute atomic E-state index is 0.435. The smallest absolute Gasteiger partial charge is 0.0575 e. The molecule has 1 nitrogen and oxygen atoms in total. The zero-order valence-corrected chi connectivity index (χ0v) is 17.7. The maximum absolute atomic E-state index is 6.12. The predicted octanol–water partition coefficient (Wildman–Crippen LogP) is 7.63. The summed E-state index contributed by atoms with van der Waals surface area (Å²) in [5.74, 6) is 0.792. The zero-order valence-electron chi connectivity index (χ0n) is 11.4. The van der Waals surface area contributed by atoms with E-state index >= 15 is 0 Å². The van der Waals surface area contributed by atoms with Crippen LogP contribution in [0.15, 0.2) is 34.1 Å². The summed E-state index contributed by atoms with van der Waals surface area (Å²) in [5.41, 5.74) is 4.95. The van der Waals surface area contributed by atoms with Crippen molar-refractivity contribution < 1.29 is 0 Å². The van der Waals surface area contributed by atoms with E-state index in [0.717, 1.165) is 5.75 Å². The minimum atomic E-state index is 0.435. The van der Waals surface area contributed by atoms with Gasteiger partial charge in [0.05, 0.1) is 20.1 Å². The molecule has 0 bridgehead atoms. The van der Waals surface area contributed by atoms with Gasteiger partial charge in [0.15, 0.2) is 0 Å². The summed E-state index contributed by atoms with van der Waals surface area (Å²) >= 11 is 41.3. The van der Waals surface area contributed by atoms with Gasteiger partial charge in [-0.2, -0.15) is 12.6 Å². The summed E-state index contributed by atoms with van der Waals surface area (Å²) < 4.78 is 0. The second-order valence-corrected chi connectivity index (χ2v) is 7.98. The maximum atomic E-state index is 6.12. The van der Waals surface area contributed by atoms with Crippen LogP contribution in [0, 0.1) is 0 Å². The summed E-state index contributed by atoms with van der Waals surface area (Å²) in [4.78, 5) is 1.28. The molecule has 2 aromatic carbocycles. The van der Waals surface area contributed by atoms with Gasteiger partial charge in [-0.25, -0.2) is 0 Å². The molecule has 0 fully saturated rings. The van der Waals surface area contributed by atoms with Gasteiger partial charge < -0.3 is 5.73 Å². The fourth-order valence-corrected chi connectivity index (χ4v) is 4.28. The number of hydrogen-bond donors (Lipinski definition) is 2. The van der Waals surface area contributed by atoms with E-state index in [1.807, 2.05) is 0 Å². The molecule has 2 aromatic rings. The van der Waals surface area contributed by atoms with Crippen molar-refractivity contribution in [1.82, 2.24) is 0 Å². The van der Waals surface area contributed by atoms with Gasteiger partial charge in [0, 0.05) is 32.1 Å². The molecule has 0 aromatic heterocycles. The molecule has 0 spiro atoms. The Labute approximate surface area is 175 Å².